The van der Waals surface area contributed by atoms with Crippen LogP contribution in [-0.4, -0.2) is 35.1 Å². The Hall–Kier alpha value is 0.0300. The van der Waals surface area contributed by atoms with Crippen LogP contribution in [0.4, 0.5) is 0 Å². The third-order valence-corrected chi connectivity index (χ3v) is 0.907. The van der Waals surface area contributed by atoms with Gasteiger partial charge in [0.2, 0.25) is 0 Å². The fourth-order valence-corrected chi connectivity index (χ4v) is 0.234. The van der Waals surface area contributed by atoms with E-state index < -0.39 is 12.0 Å². The molecular weight excluding hydrogens is 178 g/mol. The number of thiol groups is 1. The van der Waals surface area contributed by atoms with Crippen LogP contribution in [-0.2, 0) is 4.79 Å². The Morgan fingerprint density at radius 3 is 2.00 bits per heavy atom. The first-order chi connectivity index (χ1) is 4.18. The van der Waals surface area contributed by atoms with E-state index >= 15 is 0 Å². The standard InChI is InChI=1S/C3H7NO2S.CH4O.ClH/c4-2(1-7)3(5)6;1-2;/h2,7H,1,4H2,(H,5,6);2H,1H3;1H. The van der Waals surface area contributed by atoms with E-state index in [1.807, 2.05) is 0 Å². The third-order valence-electron chi connectivity index (χ3n) is 0.514. The van der Waals surface area contributed by atoms with E-state index in [9.17, 15) is 4.79 Å². The third kappa shape index (κ3) is 10.9. The Balaban J connectivity index is -0.000000149. The van der Waals surface area contributed by atoms with Gasteiger partial charge in [-0.2, -0.15) is 12.6 Å². The topological polar surface area (TPSA) is 83.5 Å². The van der Waals surface area contributed by atoms with Crippen molar-refractivity contribution in [2.75, 3.05) is 12.9 Å². The molecule has 0 spiro atoms. The minimum atomic E-state index is -1.00. The monoisotopic (exact) mass is 189 g/mol. The summed E-state index contributed by atoms with van der Waals surface area (Å²) in [6, 6.07) is -0.816. The largest absolute Gasteiger partial charge is 0.480 e. The number of carbonyl (C=O) groups is 1. The second kappa shape index (κ2) is 11.8. The number of hydrogen-bond acceptors (Lipinski definition) is 4. The van der Waals surface area contributed by atoms with Crippen LogP contribution in [0.1, 0.15) is 0 Å². The molecule has 0 aromatic rings. The van der Waals surface area contributed by atoms with Gasteiger partial charge in [0.25, 0.3) is 0 Å². The average molecular weight is 190 g/mol. The molecular formula is C4H12ClNO3S. The zero-order valence-corrected chi connectivity index (χ0v) is 7.23. The zero-order valence-electron chi connectivity index (χ0n) is 5.52. The maximum atomic E-state index is 9.76. The molecule has 0 aromatic carbocycles. The molecule has 64 valence electrons. The van der Waals surface area contributed by atoms with Crippen LogP contribution < -0.4 is 5.73 Å². The quantitative estimate of drug-likeness (QED) is 0.436. The van der Waals surface area contributed by atoms with Crippen molar-refractivity contribution in [1.82, 2.24) is 0 Å². The number of carboxylic acid groups (broad SMARTS) is 1. The molecule has 4 nitrogen and oxygen atoms in total. The molecule has 1 atom stereocenters. The molecule has 4 N–H and O–H groups in total. The first kappa shape index (κ1) is 16.5. The molecule has 0 amide bonds. The molecule has 0 aliphatic carbocycles. The maximum absolute atomic E-state index is 9.76. The summed E-state index contributed by atoms with van der Waals surface area (Å²) in [5, 5.41) is 15.0. The van der Waals surface area contributed by atoms with E-state index in [-0.39, 0.29) is 18.2 Å². The van der Waals surface area contributed by atoms with Crippen LogP contribution in [0.3, 0.4) is 0 Å². The van der Waals surface area contributed by atoms with Crippen molar-refractivity contribution in [3.05, 3.63) is 0 Å². The summed E-state index contributed by atoms with van der Waals surface area (Å²) in [6.45, 7) is 0. The number of hydrogen-bond donors (Lipinski definition) is 4. The first-order valence-electron chi connectivity index (χ1n) is 2.22. The zero-order chi connectivity index (χ0) is 7.86. The van der Waals surface area contributed by atoms with Crippen molar-refractivity contribution >= 4 is 31.0 Å². The van der Waals surface area contributed by atoms with Crippen LogP contribution >= 0.6 is 25.0 Å². The lowest BCUT2D eigenvalue weighted by Crippen LogP contribution is -2.31. The van der Waals surface area contributed by atoms with Crippen LogP contribution in [0.15, 0.2) is 0 Å². The van der Waals surface area contributed by atoms with Gasteiger partial charge in [-0.15, -0.1) is 12.4 Å². The van der Waals surface area contributed by atoms with Gasteiger partial charge in [-0.3, -0.25) is 4.79 Å². The fourth-order valence-electron chi connectivity index (χ4n) is 0.0781. The molecule has 0 rings (SSSR count). The van der Waals surface area contributed by atoms with Crippen molar-refractivity contribution in [3.63, 3.8) is 0 Å². The number of carboxylic acids is 1. The van der Waals surface area contributed by atoms with E-state index in [0.717, 1.165) is 7.11 Å². The number of nitrogens with two attached hydrogens (primary N) is 1. The van der Waals surface area contributed by atoms with Crippen molar-refractivity contribution in [1.29, 1.82) is 0 Å². The lowest BCUT2D eigenvalue weighted by Gasteiger charge is -1.96. The minimum absolute atomic E-state index is 0. The van der Waals surface area contributed by atoms with Gasteiger partial charge in [-0.25, -0.2) is 0 Å². The molecule has 0 bridgehead atoms. The highest BCUT2D eigenvalue weighted by Gasteiger charge is 2.06. The van der Waals surface area contributed by atoms with E-state index in [1.165, 1.54) is 0 Å². The van der Waals surface area contributed by atoms with Gasteiger partial charge in [0.1, 0.15) is 6.04 Å². The normalized spacial score (nSPS) is 10.0. The van der Waals surface area contributed by atoms with Gasteiger partial charge in [-0.05, 0) is 0 Å². The van der Waals surface area contributed by atoms with Crippen molar-refractivity contribution in [2.45, 2.75) is 6.04 Å². The summed E-state index contributed by atoms with van der Waals surface area (Å²) in [6.07, 6.45) is 0. The molecule has 1 unspecified atom stereocenters. The Morgan fingerprint density at radius 2 is 2.00 bits per heavy atom. The van der Waals surface area contributed by atoms with Gasteiger partial charge in [0.05, 0.1) is 0 Å². The fraction of sp³-hybridized carbons (Fsp3) is 0.750. The molecule has 0 saturated carbocycles. The molecule has 0 fully saturated rings. The number of aliphatic carboxylic acids is 1. The van der Waals surface area contributed by atoms with E-state index in [4.69, 9.17) is 15.9 Å². The molecule has 0 aromatic heterocycles. The highest BCUT2D eigenvalue weighted by Crippen LogP contribution is 1.80. The van der Waals surface area contributed by atoms with E-state index in [2.05, 4.69) is 12.6 Å². The Bertz CT molecular complexity index is 82.9. The second-order valence-electron chi connectivity index (χ2n) is 1.13. The minimum Gasteiger partial charge on any atom is -0.480 e. The highest BCUT2D eigenvalue weighted by molar-refractivity contribution is 7.80. The van der Waals surface area contributed by atoms with Crippen LogP contribution in [0.2, 0.25) is 0 Å². The first-order valence-corrected chi connectivity index (χ1v) is 2.85. The Kier molecular flexibility index (Phi) is 19.5. The Labute approximate surface area is 71.2 Å². The molecule has 0 aliphatic rings. The number of aliphatic hydroxyl groups is 1. The average Bonchev–Trinajstić information content (AvgIpc) is 1.91. The number of rotatable bonds is 2. The smallest absolute Gasteiger partial charge is 0.321 e. The number of aliphatic hydroxyl groups excluding tert-OH is 1. The summed E-state index contributed by atoms with van der Waals surface area (Å²) in [5.74, 6) is -0.815. The molecule has 0 aliphatic heterocycles. The molecule has 0 heterocycles. The predicted molar refractivity (Wildman–Crippen MR) is 44.9 cm³/mol. The van der Waals surface area contributed by atoms with Gasteiger partial charge in [0.15, 0.2) is 0 Å². The van der Waals surface area contributed by atoms with Gasteiger partial charge in [0, 0.05) is 12.9 Å². The van der Waals surface area contributed by atoms with Gasteiger partial charge >= 0.3 is 5.97 Å². The summed E-state index contributed by atoms with van der Waals surface area (Å²) in [4.78, 5) is 9.76. The van der Waals surface area contributed by atoms with E-state index in [0.29, 0.717) is 0 Å². The molecule has 6 heteroatoms. The van der Waals surface area contributed by atoms with Gasteiger partial charge < -0.3 is 15.9 Å². The second-order valence-corrected chi connectivity index (χ2v) is 1.49. The predicted octanol–water partition coefficient (Wildman–Crippen LogP) is -0.642. The highest BCUT2D eigenvalue weighted by atomic mass is 35.5. The summed E-state index contributed by atoms with van der Waals surface area (Å²) in [7, 11) is 1.00. The summed E-state index contributed by atoms with van der Waals surface area (Å²) >= 11 is 3.65. The van der Waals surface area contributed by atoms with Gasteiger partial charge in [-0.1, -0.05) is 0 Å². The molecule has 0 saturated heterocycles. The lowest BCUT2D eigenvalue weighted by atomic mass is 10.4. The Morgan fingerprint density at radius 1 is 1.70 bits per heavy atom. The summed E-state index contributed by atoms with van der Waals surface area (Å²) < 4.78 is 0. The van der Waals surface area contributed by atoms with Crippen LogP contribution in [0.25, 0.3) is 0 Å². The lowest BCUT2D eigenvalue weighted by molar-refractivity contribution is -0.137. The van der Waals surface area contributed by atoms with Crippen molar-refractivity contribution < 1.29 is 15.0 Å². The number of halogens is 1. The molecule has 0 radical (unpaired) electrons. The maximum Gasteiger partial charge on any atom is 0.321 e. The van der Waals surface area contributed by atoms with Crippen LogP contribution in [0.5, 0.6) is 0 Å². The van der Waals surface area contributed by atoms with E-state index in [1.54, 1.807) is 0 Å². The SMILES string of the molecule is CO.Cl.NC(CS)C(=O)O. The summed E-state index contributed by atoms with van der Waals surface area (Å²) in [5.41, 5.74) is 4.94. The van der Waals surface area contributed by atoms with Crippen molar-refractivity contribution in [2.24, 2.45) is 5.73 Å². The van der Waals surface area contributed by atoms with Crippen LogP contribution in [0, 0.1) is 0 Å². The van der Waals surface area contributed by atoms with Crippen molar-refractivity contribution in [3.8, 4) is 0 Å². The molecule has 10 heavy (non-hydrogen) atoms.